The van der Waals surface area contributed by atoms with Crippen LogP contribution < -0.4 is 15.0 Å². The smallest absolute Gasteiger partial charge is 0.364 e. The summed E-state index contributed by atoms with van der Waals surface area (Å²) in [7, 11) is 0. The lowest BCUT2D eigenvalue weighted by Gasteiger charge is -2.08. The van der Waals surface area contributed by atoms with Gasteiger partial charge < -0.3 is 9.47 Å². The predicted octanol–water partition coefficient (Wildman–Crippen LogP) is 2.66. The molecule has 0 bridgehead atoms. The molecule has 2 rings (SSSR count). The lowest BCUT2D eigenvalue weighted by molar-refractivity contribution is 0.0725. The van der Waals surface area contributed by atoms with E-state index in [1.807, 2.05) is 13.8 Å². The predicted molar refractivity (Wildman–Crippen MR) is 86.0 cm³/mol. The van der Waals surface area contributed by atoms with Crippen LogP contribution in [0.1, 0.15) is 37.2 Å². The number of esters is 1. The Morgan fingerprint density at radius 3 is 2.39 bits per heavy atom. The number of ether oxygens (including phenoxy) is 2. The normalized spacial score (nSPS) is 10.3. The van der Waals surface area contributed by atoms with Gasteiger partial charge in [0.2, 0.25) is 0 Å². The average Bonchev–Trinajstić information content (AvgIpc) is 2.56. The summed E-state index contributed by atoms with van der Waals surface area (Å²) in [6, 6.07) is 9.49. The molecule has 0 aliphatic carbocycles. The van der Waals surface area contributed by atoms with E-state index in [-0.39, 0.29) is 11.3 Å². The number of aromatic nitrogens is 2. The van der Waals surface area contributed by atoms with Gasteiger partial charge in [-0.15, -0.1) is 0 Å². The highest BCUT2D eigenvalue weighted by atomic mass is 16.5. The van der Waals surface area contributed by atoms with Crippen molar-refractivity contribution in [1.29, 1.82) is 0 Å². The molecule has 6 nitrogen and oxygen atoms in total. The standard InChI is InChI=1S/C17H20N2O4/c1-3-11-19-16(20)10-9-15(18-19)17(21)23-14-7-5-13(6-8-14)22-12-4-2/h5-10H,3-4,11-12H2,1-2H3. The van der Waals surface area contributed by atoms with Gasteiger partial charge in [0.05, 0.1) is 6.61 Å². The van der Waals surface area contributed by atoms with Crippen LogP contribution in [0, 0.1) is 0 Å². The van der Waals surface area contributed by atoms with Crippen LogP contribution in [0.4, 0.5) is 0 Å². The second-order valence-electron chi connectivity index (χ2n) is 4.99. The van der Waals surface area contributed by atoms with Gasteiger partial charge in [-0.3, -0.25) is 4.79 Å². The topological polar surface area (TPSA) is 70.4 Å². The summed E-state index contributed by atoms with van der Waals surface area (Å²) < 4.78 is 12.0. The zero-order valence-corrected chi connectivity index (χ0v) is 13.3. The summed E-state index contributed by atoms with van der Waals surface area (Å²) in [5, 5.41) is 4.02. The lowest BCUT2D eigenvalue weighted by Crippen LogP contribution is -2.25. The molecule has 23 heavy (non-hydrogen) atoms. The highest BCUT2D eigenvalue weighted by Crippen LogP contribution is 2.18. The average molecular weight is 316 g/mol. The minimum Gasteiger partial charge on any atom is -0.494 e. The molecule has 0 radical (unpaired) electrons. The van der Waals surface area contributed by atoms with Gasteiger partial charge in [0.15, 0.2) is 5.69 Å². The molecule has 2 aromatic rings. The second kappa shape index (κ2) is 8.12. The molecule has 0 aliphatic heterocycles. The number of aryl methyl sites for hydroxylation is 1. The van der Waals surface area contributed by atoms with Crippen LogP contribution in [0.2, 0.25) is 0 Å². The molecule has 1 aromatic heterocycles. The Hall–Kier alpha value is -2.63. The molecule has 1 aromatic carbocycles. The van der Waals surface area contributed by atoms with Gasteiger partial charge in [-0.05, 0) is 43.2 Å². The first-order valence-corrected chi connectivity index (χ1v) is 7.67. The molecule has 0 unspecified atom stereocenters. The van der Waals surface area contributed by atoms with Crippen LogP contribution in [-0.4, -0.2) is 22.4 Å². The molecule has 0 atom stereocenters. The van der Waals surface area contributed by atoms with E-state index in [4.69, 9.17) is 9.47 Å². The van der Waals surface area contributed by atoms with Gasteiger partial charge in [0.1, 0.15) is 11.5 Å². The molecule has 0 fully saturated rings. The molecule has 0 amide bonds. The Morgan fingerprint density at radius 1 is 1.04 bits per heavy atom. The minimum absolute atomic E-state index is 0.101. The van der Waals surface area contributed by atoms with Gasteiger partial charge in [0, 0.05) is 12.6 Å². The van der Waals surface area contributed by atoms with Crippen molar-refractivity contribution >= 4 is 5.97 Å². The summed E-state index contributed by atoms with van der Waals surface area (Å²) in [5.41, 5.74) is -0.134. The van der Waals surface area contributed by atoms with Crippen molar-refractivity contribution < 1.29 is 14.3 Å². The van der Waals surface area contributed by atoms with Crippen LogP contribution in [0.5, 0.6) is 11.5 Å². The van der Waals surface area contributed by atoms with Crippen molar-refractivity contribution in [2.45, 2.75) is 33.2 Å². The quantitative estimate of drug-likeness (QED) is 0.580. The van der Waals surface area contributed by atoms with E-state index in [1.165, 1.54) is 16.8 Å². The molecular weight excluding hydrogens is 296 g/mol. The van der Waals surface area contributed by atoms with E-state index in [2.05, 4.69) is 5.10 Å². The number of rotatable bonds is 7. The van der Waals surface area contributed by atoms with Crippen LogP contribution in [0.25, 0.3) is 0 Å². The fourth-order valence-electron chi connectivity index (χ4n) is 1.91. The van der Waals surface area contributed by atoms with Gasteiger partial charge >= 0.3 is 5.97 Å². The SMILES string of the molecule is CCCOc1ccc(OC(=O)c2ccc(=O)n(CCC)n2)cc1. The summed E-state index contributed by atoms with van der Waals surface area (Å²) in [4.78, 5) is 23.7. The highest BCUT2D eigenvalue weighted by molar-refractivity contribution is 5.88. The van der Waals surface area contributed by atoms with Crippen molar-refractivity contribution in [1.82, 2.24) is 9.78 Å². The zero-order chi connectivity index (χ0) is 16.7. The third kappa shape index (κ3) is 4.67. The molecule has 0 N–H and O–H groups in total. The van der Waals surface area contributed by atoms with Gasteiger partial charge in [-0.25, -0.2) is 9.48 Å². The number of benzene rings is 1. The Balaban J connectivity index is 2.06. The summed E-state index contributed by atoms with van der Waals surface area (Å²) in [6.07, 6.45) is 1.68. The maximum atomic E-state index is 12.1. The van der Waals surface area contributed by atoms with Crippen molar-refractivity contribution in [3.05, 3.63) is 52.4 Å². The molecule has 1 heterocycles. The van der Waals surface area contributed by atoms with E-state index in [0.717, 1.165) is 18.6 Å². The Labute approximate surface area is 134 Å². The largest absolute Gasteiger partial charge is 0.494 e. The van der Waals surface area contributed by atoms with E-state index in [9.17, 15) is 9.59 Å². The number of carbonyl (C=O) groups is 1. The van der Waals surface area contributed by atoms with E-state index < -0.39 is 5.97 Å². The fraction of sp³-hybridized carbons (Fsp3) is 0.353. The fourth-order valence-corrected chi connectivity index (χ4v) is 1.91. The van der Waals surface area contributed by atoms with Crippen molar-refractivity contribution in [2.24, 2.45) is 0 Å². The first kappa shape index (κ1) is 16.7. The third-order valence-corrected chi connectivity index (χ3v) is 3.02. The second-order valence-corrected chi connectivity index (χ2v) is 4.99. The maximum absolute atomic E-state index is 12.1. The summed E-state index contributed by atoms with van der Waals surface area (Å²) in [6.45, 7) is 5.06. The molecule has 122 valence electrons. The molecule has 6 heteroatoms. The van der Waals surface area contributed by atoms with Gasteiger partial charge in [0.25, 0.3) is 5.56 Å². The summed E-state index contributed by atoms with van der Waals surface area (Å²) in [5.74, 6) is 0.521. The van der Waals surface area contributed by atoms with E-state index >= 15 is 0 Å². The Kier molecular flexibility index (Phi) is 5.91. The zero-order valence-electron chi connectivity index (χ0n) is 13.3. The van der Waals surface area contributed by atoms with Crippen LogP contribution in [0.3, 0.4) is 0 Å². The molecule has 0 aliphatic rings. The van der Waals surface area contributed by atoms with Crippen LogP contribution in [-0.2, 0) is 6.54 Å². The first-order valence-electron chi connectivity index (χ1n) is 7.67. The number of carbonyl (C=O) groups excluding carboxylic acids is 1. The van der Waals surface area contributed by atoms with Crippen molar-refractivity contribution in [3.8, 4) is 11.5 Å². The highest BCUT2D eigenvalue weighted by Gasteiger charge is 2.12. The number of nitrogens with zero attached hydrogens (tertiary/aromatic N) is 2. The Morgan fingerprint density at radius 2 is 1.74 bits per heavy atom. The molecular formula is C17H20N2O4. The van der Waals surface area contributed by atoms with Crippen molar-refractivity contribution in [3.63, 3.8) is 0 Å². The molecule has 0 saturated heterocycles. The lowest BCUT2D eigenvalue weighted by atomic mass is 10.3. The number of hydrogen-bond donors (Lipinski definition) is 0. The van der Waals surface area contributed by atoms with Crippen LogP contribution in [0.15, 0.2) is 41.2 Å². The van der Waals surface area contributed by atoms with E-state index in [1.54, 1.807) is 24.3 Å². The minimum atomic E-state index is -0.600. The monoisotopic (exact) mass is 316 g/mol. The Bertz CT molecular complexity index is 707. The van der Waals surface area contributed by atoms with Gasteiger partial charge in [-0.1, -0.05) is 13.8 Å². The summed E-state index contributed by atoms with van der Waals surface area (Å²) >= 11 is 0. The molecule has 0 saturated carbocycles. The number of hydrogen-bond acceptors (Lipinski definition) is 5. The molecule has 0 spiro atoms. The first-order chi connectivity index (χ1) is 11.1. The third-order valence-electron chi connectivity index (χ3n) is 3.02. The van der Waals surface area contributed by atoms with Gasteiger partial charge in [-0.2, -0.15) is 5.10 Å². The maximum Gasteiger partial charge on any atom is 0.364 e. The van der Waals surface area contributed by atoms with E-state index in [0.29, 0.717) is 18.9 Å². The van der Waals surface area contributed by atoms with Crippen molar-refractivity contribution in [2.75, 3.05) is 6.61 Å². The van der Waals surface area contributed by atoms with Crippen LogP contribution >= 0.6 is 0 Å².